The van der Waals surface area contributed by atoms with Crippen molar-refractivity contribution in [2.45, 2.75) is 37.5 Å². The summed E-state index contributed by atoms with van der Waals surface area (Å²) in [5.74, 6) is 0.00835. The molecular weight excluding hydrogens is 363 g/mol. The second-order valence-electron chi connectivity index (χ2n) is 7.38. The van der Waals surface area contributed by atoms with Crippen LogP contribution in [0.4, 0.5) is 4.39 Å². The van der Waals surface area contributed by atoms with Crippen molar-refractivity contribution in [2.75, 3.05) is 13.1 Å². The maximum Gasteiger partial charge on any atom is 0.243 e. The number of hydrogen-bond acceptors (Lipinski definition) is 2. The zero-order chi connectivity index (χ0) is 19.2. The Morgan fingerprint density at radius 3 is 2.44 bits per heavy atom. The Balaban J connectivity index is 1.51. The number of aryl methyl sites for hydroxylation is 2. The van der Waals surface area contributed by atoms with Crippen LogP contribution in [-0.4, -0.2) is 30.8 Å². The highest BCUT2D eigenvalue weighted by atomic mass is 32.2. The van der Waals surface area contributed by atoms with E-state index in [1.54, 1.807) is 22.5 Å². The summed E-state index contributed by atoms with van der Waals surface area (Å²) in [7, 11) is -3.46. The van der Waals surface area contributed by atoms with E-state index in [4.69, 9.17) is 0 Å². The third-order valence-corrected chi connectivity index (χ3v) is 7.51. The lowest BCUT2D eigenvalue weighted by atomic mass is 9.95. The molecule has 1 saturated heterocycles. The summed E-state index contributed by atoms with van der Waals surface area (Å²) in [4.78, 5) is 3.72. The number of hydrogen-bond donors (Lipinski definition) is 1. The summed E-state index contributed by atoms with van der Waals surface area (Å²) in [6.45, 7) is 4.88. The molecule has 4 rings (SSSR count). The molecule has 1 aliphatic rings. The molecule has 0 amide bonds. The molecule has 0 atom stereocenters. The molecule has 6 heteroatoms. The number of sulfonamides is 1. The molecule has 4 nitrogen and oxygen atoms in total. The highest BCUT2D eigenvalue weighted by molar-refractivity contribution is 7.89. The molecule has 27 heavy (non-hydrogen) atoms. The van der Waals surface area contributed by atoms with Crippen LogP contribution >= 0.6 is 0 Å². The summed E-state index contributed by atoms with van der Waals surface area (Å²) in [6, 6.07) is 12.0. The quantitative estimate of drug-likeness (QED) is 0.721. The van der Waals surface area contributed by atoms with Gasteiger partial charge in [-0.1, -0.05) is 6.07 Å². The second-order valence-corrected chi connectivity index (χ2v) is 9.32. The minimum atomic E-state index is -3.46. The number of aromatic nitrogens is 1. The molecule has 0 unspecified atom stereocenters. The topological polar surface area (TPSA) is 53.2 Å². The Bertz CT molecular complexity index is 1100. The van der Waals surface area contributed by atoms with Crippen LogP contribution in [0, 0.1) is 19.7 Å². The fraction of sp³-hybridized carbons (Fsp3) is 0.333. The molecule has 0 spiro atoms. The van der Waals surface area contributed by atoms with E-state index in [1.807, 2.05) is 26.0 Å². The van der Waals surface area contributed by atoms with Crippen LogP contribution in [0.3, 0.4) is 0 Å². The fourth-order valence-electron chi connectivity index (χ4n) is 3.78. The average Bonchev–Trinajstić information content (AvgIpc) is 3.07. The van der Waals surface area contributed by atoms with E-state index in [1.165, 1.54) is 12.1 Å². The van der Waals surface area contributed by atoms with Crippen molar-refractivity contribution in [1.82, 2.24) is 9.29 Å². The first-order chi connectivity index (χ1) is 12.8. The van der Waals surface area contributed by atoms with Gasteiger partial charge in [-0.15, -0.1) is 0 Å². The third-order valence-electron chi connectivity index (χ3n) is 5.61. The molecule has 3 aromatic rings. The zero-order valence-corrected chi connectivity index (χ0v) is 16.3. The van der Waals surface area contributed by atoms with Gasteiger partial charge in [0, 0.05) is 35.6 Å². The van der Waals surface area contributed by atoms with Crippen molar-refractivity contribution < 1.29 is 12.8 Å². The lowest BCUT2D eigenvalue weighted by Crippen LogP contribution is -2.38. The first-order valence-corrected chi connectivity index (χ1v) is 10.6. The lowest BCUT2D eigenvalue weighted by molar-refractivity contribution is 0.317. The van der Waals surface area contributed by atoms with Crippen molar-refractivity contribution in [3.63, 3.8) is 0 Å². The van der Waals surface area contributed by atoms with Gasteiger partial charge in [0.15, 0.2) is 0 Å². The standard InChI is InChI=1S/C21H23FN2O2S/c1-14-3-5-19(11-15(14)2)27(25,26)24-9-7-16(8-10-24)21-13-17-12-18(22)4-6-20(17)23-21/h3-6,11-13,16,23H,7-10H2,1-2H3. The predicted octanol–water partition coefficient (Wildman–Crippen LogP) is 4.49. The van der Waals surface area contributed by atoms with Gasteiger partial charge in [0.2, 0.25) is 10.0 Å². The molecule has 2 aromatic carbocycles. The zero-order valence-electron chi connectivity index (χ0n) is 15.5. The minimum absolute atomic E-state index is 0.248. The smallest absolute Gasteiger partial charge is 0.243 e. The Labute approximate surface area is 159 Å². The molecule has 0 saturated carbocycles. The number of benzene rings is 2. The summed E-state index contributed by atoms with van der Waals surface area (Å²) in [5.41, 5.74) is 4.04. The van der Waals surface area contributed by atoms with Crippen molar-refractivity contribution >= 4 is 20.9 Å². The first-order valence-electron chi connectivity index (χ1n) is 9.20. The number of fused-ring (bicyclic) bond motifs is 1. The van der Waals surface area contributed by atoms with Crippen LogP contribution in [0.5, 0.6) is 0 Å². The number of H-pyrrole nitrogens is 1. The van der Waals surface area contributed by atoms with Crippen LogP contribution in [0.25, 0.3) is 10.9 Å². The molecule has 0 bridgehead atoms. The van der Waals surface area contributed by atoms with Gasteiger partial charge < -0.3 is 4.98 Å². The molecule has 2 heterocycles. The summed E-state index contributed by atoms with van der Waals surface area (Å²) >= 11 is 0. The van der Waals surface area contributed by atoms with Gasteiger partial charge in [-0.2, -0.15) is 4.31 Å². The van der Waals surface area contributed by atoms with Gasteiger partial charge in [0.25, 0.3) is 0 Å². The molecule has 1 fully saturated rings. The van der Waals surface area contributed by atoms with Gasteiger partial charge in [0.05, 0.1) is 4.90 Å². The highest BCUT2D eigenvalue weighted by Crippen LogP contribution is 2.32. The Morgan fingerprint density at radius 2 is 1.74 bits per heavy atom. The van der Waals surface area contributed by atoms with E-state index in [0.29, 0.717) is 18.0 Å². The second kappa shape index (κ2) is 6.77. The SMILES string of the molecule is Cc1ccc(S(=O)(=O)N2CCC(c3cc4cc(F)ccc4[nH]3)CC2)cc1C. The van der Waals surface area contributed by atoms with E-state index >= 15 is 0 Å². The number of halogens is 1. The maximum atomic E-state index is 13.4. The van der Waals surface area contributed by atoms with E-state index < -0.39 is 10.0 Å². The number of piperidine rings is 1. The monoisotopic (exact) mass is 386 g/mol. The van der Waals surface area contributed by atoms with Gasteiger partial charge in [-0.3, -0.25) is 0 Å². The Morgan fingerprint density at radius 1 is 1.00 bits per heavy atom. The molecule has 1 aliphatic heterocycles. The average molecular weight is 386 g/mol. The van der Waals surface area contributed by atoms with Gasteiger partial charge in [0.1, 0.15) is 5.82 Å². The van der Waals surface area contributed by atoms with Crippen molar-refractivity contribution in [2.24, 2.45) is 0 Å². The van der Waals surface area contributed by atoms with Crippen molar-refractivity contribution in [1.29, 1.82) is 0 Å². The summed E-state index contributed by atoms with van der Waals surface area (Å²) in [6.07, 6.45) is 1.50. The van der Waals surface area contributed by atoms with Crippen LogP contribution < -0.4 is 0 Å². The number of nitrogens with zero attached hydrogens (tertiary/aromatic N) is 1. The van der Waals surface area contributed by atoms with Gasteiger partial charge in [-0.05, 0) is 74.2 Å². The summed E-state index contributed by atoms with van der Waals surface area (Å²) < 4.78 is 40.9. The molecule has 1 aromatic heterocycles. The van der Waals surface area contributed by atoms with E-state index in [2.05, 4.69) is 4.98 Å². The molecule has 1 N–H and O–H groups in total. The number of rotatable bonds is 3. The lowest BCUT2D eigenvalue weighted by Gasteiger charge is -2.31. The molecule has 142 valence electrons. The largest absolute Gasteiger partial charge is 0.358 e. The first kappa shape index (κ1) is 18.2. The number of nitrogens with one attached hydrogen (secondary N) is 1. The highest BCUT2D eigenvalue weighted by Gasteiger charge is 2.30. The minimum Gasteiger partial charge on any atom is -0.358 e. The van der Waals surface area contributed by atoms with Gasteiger partial charge >= 0.3 is 0 Å². The predicted molar refractivity (Wildman–Crippen MR) is 105 cm³/mol. The van der Waals surface area contributed by atoms with E-state index in [9.17, 15) is 12.8 Å². The van der Waals surface area contributed by atoms with Crippen LogP contribution in [-0.2, 0) is 10.0 Å². The Hall–Kier alpha value is -2.18. The fourth-order valence-corrected chi connectivity index (χ4v) is 5.33. The van der Waals surface area contributed by atoms with Crippen molar-refractivity contribution in [3.8, 4) is 0 Å². The van der Waals surface area contributed by atoms with Crippen LogP contribution in [0.15, 0.2) is 47.4 Å². The molecule has 0 aliphatic carbocycles. The normalized spacial score (nSPS) is 16.9. The van der Waals surface area contributed by atoms with Crippen LogP contribution in [0.2, 0.25) is 0 Å². The van der Waals surface area contributed by atoms with E-state index in [0.717, 1.165) is 40.6 Å². The summed E-state index contributed by atoms with van der Waals surface area (Å²) in [5, 5.41) is 0.857. The third kappa shape index (κ3) is 3.39. The maximum absolute atomic E-state index is 13.4. The number of aromatic amines is 1. The molecule has 0 radical (unpaired) electrons. The van der Waals surface area contributed by atoms with E-state index in [-0.39, 0.29) is 11.7 Å². The molecular formula is C21H23FN2O2S. The van der Waals surface area contributed by atoms with Gasteiger partial charge in [-0.25, -0.2) is 12.8 Å². The Kier molecular flexibility index (Phi) is 4.56. The van der Waals surface area contributed by atoms with Crippen LogP contribution in [0.1, 0.15) is 35.6 Å². The van der Waals surface area contributed by atoms with Crippen molar-refractivity contribution in [3.05, 3.63) is 65.1 Å².